The van der Waals surface area contributed by atoms with E-state index in [0.717, 1.165) is 22.5 Å². The standard InChI is InChI=1S/C25H24FN7O/c1-16-7-11-18(12-8-16)28-24-31-23(27-15-22(34)30-21-6-4-3-5-20(21)26)32-25(33-24)29-19-13-9-17(2)10-14-19/h3-14H,15H2,1-2H3,(H,30,34)(H3,27,28,29,31,32,33). The second-order valence-corrected chi connectivity index (χ2v) is 7.67. The SMILES string of the molecule is Cc1ccc(Nc2nc(NCC(=O)Nc3ccccc3F)nc(Nc3ccc(C)cc3)n2)cc1. The minimum Gasteiger partial charge on any atom is -0.345 e. The van der Waals surface area contributed by atoms with Gasteiger partial charge in [0.2, 0.25) is 23.8 Å². The Kier molecular flexibility index (Phi) is 6.92. The molecule has 4 rings (SSSR count). The van der Waals surface area contributed by atoms with Gasteiger partial charge in [0.05, 0.1) is 12.2 Å². The third-order valence-corrected chi connectivity index (χ3v) is 4.81. The fourth-order valence-corrected chi connectivity index (χ4v) is 3.02. The number of rotatable bonds is 8. The first-order valence-electron chi connectivity index (χ1n) is 10.7. The van der Waals surface area contributed by atoms with Crippen molar-refractivity contribution in [3.8, 4) is 0 Å². The van der Waals surface area contributed by atoms with Gasteiger partial charge in [-0.1, -0.05) is 47.5 Å². The molecule has 0 aliphatic heterocycles. The molecule has 4 aromatic rings. The lowest BCUT2D eigenvalue weighted by Crippen LogP contribution is -2.23. The van der Waals surface area contributed by atoms with E-state index in [9.17, 15) is 9.18 Å². The number of para-hydroxylation sites is 1. The molecule has 0 radical (unpaired) electrons. The second kappa shape index (κ2) is 10.4. The van der Waals surface area contributed by atoms with E-state index < -0.39 is 11.7 Å². The van der Waals surface area contributed by atoms with Gasteiger partial charge in [-0.15, -0.1) is 0 Å². The van der Waals surface area contributed by atoms with Crippen molar-refractivity contribution in [1.29, 1.82) is 0 Å². The molecule has 1 heterocycles. The third kappa shape index (κ3) is 6.26. The van der Waals surface area contributed by atoms with E-state index in [1.54, 1.807) is 12.1 Å². The van der Waals surface area contributed by atoms with Crippen molar-refractivity contribution in [2.45, 2.75) is 13.8 Å². The lowest BCUT2D eigenvalue weighted by Gasteiger charge is -2.12. The van der Waals surface area contributed by atoms with Crippen LogP contribution in [0.15, 0.2) is 72.8 Å². The third-order valence-electron chi connectivity index (χ3n) is 4.81. The first kappa shape index (κ1) is 22.7. The van der Waals surface area contributed by atoms with E-state index in [2.05, 4.69) is 36.2 Å². The van der Waals surface area contributed by atoms with Crippen molar-refractivity contribution in [3.63, 3.8) is 0 Å². The zero-order chi connectivity index (χ0) is 23.9. The van der Waals surface area contributed by atoms with Gasteiger partial charge in [-0.3, -0.25) is 4.79 Å². The van der Waals surface area contributed by atoms with Gasteiger partial charge in [0, 0.05) is 11.4 Å². The summed E-state index contributed by atoms with van der Waals surface area (Å²) in [6, 6.07) is 21.5. The van der Waals surface area contributed by atoms with Gasteiger partial charge in [-0.25, -0.2) is 4.39 Å². The number of anilines is 6. The molecule has 0 saturated heterocycles. The van der Waals surface area contributed by atoms with E-state index in [1.807, 2.05) is 62.4 Å². The minimum absolute atomic E-state index is 0.105. The molecular weight excluding hydrogens is 433 g/mol. The molecule has 1 aromatic heterocycles. The van der Waals surface area contributed by atoms with E-state index >= 15 is 0 Å². The molecule has 0 unspecified atom stereocenters. The van der Waals surface area contributed by atoms with E-state index in [0.29, 0.717) is 11.9 Å². The molecule has 4 N–H and O–H groups in total. The predicted octanol–water partition coefficient (Wildman–Crippen LogP) is 5.17. The first-order chi connectivity index (χ1) is 16.4. The van der Waals surface area contributed by atoms with Crippen LogP contribution >= 0.6 is 0 Å². The van der Waals surface area contributed by atoms with Crippen molar-refractivity contribution in [2.24, 2.45) is 0 Å². The predicted molar refractivity (Wildman–Crippen MR) is 132 cm³/mol. The summed E-state index contributed by atoms with van der Waals surface area (Å²) in [4.78, 5) is 25.5. The van der Waals surface area contributed by atoms with E-state index in [-0.39, 0.29) is 18.2 Å². The lowest BCUT2D eigenvalue weighted by atomic mass is 10.2. The largest absolute Gasteiger partial charge is 0.345 e. The molecule has 0 aliphatic rings. The van der Waals surface area contributed by atoms with Crippen LogP contribution in [-0.4, -0.2) is 27.4 Å². The maximum atomic E-state index is 13.8. The van der Waals surface area contributed by atoms with Crippen molar-refractivity contribution >= 4 is 40.8 Å². The van der Waals surface area contributed by atoms with E-state index in [4.69, 9.17) is 0 Å². The van der Waals surface area contributed by atoms with Crippen LogP contribution in [-0.2, 0) is 4.79 Å². The molecular formula is C25H24FN7O. The van der Waals surface area contributed by atoms with Gasteiger partial charge < -0.3 is 21.3 Å². The molecule has 9 heteroatoms. The molecule has 0 aliphatic carbocycles. The van der Waals surface area contributed by atoms with Crippen LogP contribution in [0.2, 0.25) is 0 Å². The number of halogens is 1. The zero-order valence-electron chi connectivity index (χ0n) is 18.8. The van der Waals surface area contributed by atoms with Gasteiger partial charge in [0.15, 0.2) is 0 Å². The van der Waals surface area contributed by atoms with Gasteiger partial charge in [0.25, 0.3) is 0 Å². The Balaban J connectivity index is 1.51. The molecule has 3 aromatic carbocycles. The maximum absolute atomic E-state index is 13.8. The molecule has 34 heavy (non-hydrogen) atoms. The Labute approximate surface area is 196 Å². The number of aryl methyl sites for hydroxylation is 2. The van der Waals surface area contributed by atoms with Crippen molar-refractivity contribution in [1.82, 2.24) is 15.0 Å². The Morgan fingerprint density at radius 3 is 1.76 bits per heavy atom. The maximum Gasteiger partial charge on any atom is 0.243 e. The fourth-order valence-electron chi connectivity index (χ4n) is 3.02. The number of hydrogen-bond donors (Lipinski definition) is 4. The van der Waals surface area contributed by atoms with Crippen LogP contribution in [0.1, 0.15) is 11.1 Å². The Morgan fingerprint density at radius 2 is 1.24 bits per heavy atom. The number of nitrogens with zero attached hydrogens (tertiary/aromatic N) is 3. The number of aromatic nitrogens is 3. The highest BCUT2D eigenvalue weighted by Crippen LogP contribution is 2.19. The topological polar surface area (TPSA) is 104 Å². The Hall–Kier alpha value is -4.53. The summed E-state index contributed by atoms with van der Waals surface area (Å²) in [5.74, 6) is -0.171. The quantitative estimate of drug-likeness (QED) is 0.290. The highest BCUT2D eigenvalue weighted by atomic mass is 19.1. The first-order valence-corrected chi connectivity index (χ1v) is 10.7. The minimum atomic E-state index is -0.509. The Bertz CT molecular complexity index is 1210. The molecule has 0 bridgehead atoms. The summed E-state index contributed by atoms with van der Waals surface area (Å²) >= 11 is 0. The van der Waals surface area contributed by atoms with Crippen LogP contribution in [0.4, 0.5) is 39.3 Å². The number of amides is 1. The zero-order valence-corrected chi connectivity index (χ0v) is 18.8. The number of nitrogens with one attached hydrogen (secondary N) is 4. The van der Waals surface area contributed by atoms with Crippen molar-refractivity contribution in [2.75, 3.05) is 27.8 Å². The summed E-state index contributed by atoms with van der Waals surface area (Å²) < 4.78 is 13.8. The fraction of sp³-hybridized carbons (Fsp3) is 0.120. The average Bonchev–Trinajstić information content (AvgIpc) is 2.82. The normalized spacial score (nSPS) is 10.4. The molecule has 0 spiro atoms. The van der Waals surface area contributed by atoms with Gasteiger partial charge in [-0.2, -0.15) is 15.0 Å². The van der Waals surface area contributed by atoms with Crippen LogP contribution in [0.5, 0.6) is 0 Å². The summed E-state index contributed by atoms with van der Waals surface area (Å²) in [6.07, 6.45) is 0. The highest BCUT2D eigenvalue weighted by molar-refractivity contribution is 5.93. The smallest absolute Gasteiger partial charge is 0.243 e. The molecule has 1 amide bonds. The number of carbonyl (C=O) groups is 1. The van der Waals surface area contributed by atoms with Crippen molar-refractivity contribution < 1.29 is 9.18 Å². The number of hydrogen-bond acceptors (Lipinski definition) is 7. The number of carbonyl (C=O) groups excluding carboxylic acids is 1. The van der Waals surface area contributed by atoms with Crippen LogP contribution < -0.4 is 21.3 Å². The Morgan fingerprint density at radius 1 is 0.735 bits per heavy atom. The van der Waals surface area contributed by atoms with Gasteiger partial charge >= 0.3 is 0 Å². The molecule has 0 saturated carbocycles. The number of benzene rings is 3. The molecule has 0 fully saturated rings. The average molecular weight is 458 g/mol. The molecule has 172 valence electrons. The van der Waals surface area contributed by atoms with Crippen LogP contribution in [0, 0.1) is 19.7 Å². The van der Waals surface area contributed by atoms with Crippen LogP contribution in [0.25, 0.3) is 0 Å². The molecule has 0 atom stereocenters. The van der Waals surface area contributed by atoms with Gasteiger partial charge in [-0.05, 0) is 50.2 Å². The second-order valence-electron chi connectivity index (χ2n) is 7.67. The summed E-state index contributed by atoms with van der Waals surface area (Å²) in [7, 11) is 0. The summed E-state index contributed by atoms with van der Waals surface area (Å²) in [6.45, 7) is 3.85. The van der Waals surface area contributed by atoms with E-state index in [1.165, 1.54) is 12.1 Å². The van der Waals surface area contributed by atoms with Crippen molar-refractivity contribution in [3.05, 3.63) is 89.7 Å². The monoisotopic (exact) mass is 457 g/mol. The van der Waals surface area contributed by atoms with Crippen LogP contribution in [0.3, 0.4) is 0 Å². The van der Waals surface area contributed by atoms with Gasteiger partial charge in [0.1, 0.15) is 5.82 Å². The lowest BCUT2D eigenvalue weighted by molar-refractivity contribution is -0.114. The summed E-state index contributed by atoms with van der Waals surface area (Å²) in [5.41, 5.74) is 3.98. The highest BCUT2D eigenvalue weighted by Gasteiger charge is 2.11. The summed E-state index contributed by atoms with van der Waals surface area (Å²) in [5, 5.41) is 11.7. The molecule has 8 nitrogen and oxygen atoms in total.